The first-order chi connectivity index (χ1) is 12.1. The minimum atomic E-state index is -0.255. The van der Waals surface area contributed by atoms with Crippen molar-refractivity contribution in [3.05, 3.63) is 52.5 Å². The van der Waals surface area contributed by atoms with E-state index < -0.39 is 0 Å². The molecule has 6 heteroatoms. The molecule has 0 N–H and O–H groups in total. The van der Waals surface area contributed by atoms with E-state index >= 15 is 0 Å². The molecule has 134 valence electrons. The van der Waals surface area contributed by atoms with E-state index in [2.05, 4.69) is 15.9 Å². The van der Waals surface area contributed by atoms with Gasteiger partial charge in [-0.15, -0.1) is 0 Å². The van der Waals surface area contributed by atoms with Gasteiger partial charge in [0.05, 0.1) is 14.2 Å². The molecule has 0 saturated heterocycles. The predicted molar refractivity (Wildman–Crippen MR) is 98.5 cm³/mol. The Balaban J connectivity index is 1.69. The normalized spacial score (nSPS) is 10.2. The largest absolute Gasteiger partial charge is 0.493 e. The molecule has 0 aliphatic heterocycles. The second kappa shape index (κ2) is 9.93. The lowest BCUT2D eigenvalue weighted by Crippen LogP contribution is -2.12. The third-order valence-electron chi connectivity index (χ3n) is 3.49. The maximum Gasteiger partial charge on any atom is 0.306 e. The zero-order chi connectivity index (χ0) is 18.1. The van der Waals surface area contributed by atoms with Gasteiger partial charge in [0.15, 0.2) is 11.5 Å². The van der Waals surface area contributed by atoms with Crippen LogP contribution in [0.2, 0.25) is 0 Å². The van der Waals surface area contributed by atoms with Gasteiger partial charge in [0.25, 0.3) is 0 Å². The van der Waals surface area contributed by atoms with Crippen LogP contribution in [0.3, 0.4) is 0 Å². The highest BCUT2D eigenvalue weighted by molar-refractivity contribution is 9.10. The Morgan fingerprint density at radius 2 is 1.68 bits per heavy atom. The molecule has 0 radical (unpaired) electrons. The number of methoxy groups -OCH3 is 2. The lowest BCUT2D eigenvalue weighted by Gasteiger charge is -2.10. The van der Waals surface area contributed by atoms with Crippen LogP contribution in [0.1, 0.15) is 12.0 Å². The quantitative estimate of drug-likeness (QED) is 0.463. The van der Waals surface area contributed by atoms with Gasteiger partial charge in [-0.1, -0.05) is 22.0 Å². The molecule has 0 bridgehead atoms. The Labute approximate surface area is 156 Å². The molecular weight excluding hydrogens is 388 g/mol. The molecule has 0 saturated carbocycles. The van der Waals surface area contributed by atoms with Crippen molar-refractivity contribution in [1.82, 2.24) is 0 Å². The number of carbonyl (C=O) groups excluding carboxylic acids is 1. The van der Waals surface area contributed by atoms with E-state index in [-0.39, 0.29) is 12.6 Å². The topological polar surface area (TPSA) is 54.0 Å². The number of hydrogen-bond donors (Lipinski definition) is 0. The van der Waals surface area contributed by atoms with Gasteiger partial charge < -0.3 is 18.9 Å². The summed E-state index contributed by atoms with van der Waals surface area (Å²) in [7, 11) is 3.17. The number of halogens is 1. The van der Waals surface area contributed by atoms with Crippen LogP contribution in [0.4, 0.5) is 0 Å². The summed E-state index contributed by atoms with van der Waals surface area (Å²) in [6.45, 7) is 0.546. The Hall–Kier alpha value is -2.21. The highest BCUT2D eigenvalue weighted by Gasteiger charge is 2.08. The van der Waals surface area contributed by atoms with Crippen molar-refractivity contribution < 1.29 is 23.7 Å². The van der Waals surface area contributed by atoms with E-state index in [1.807, 2.05) is 42.5 Å². The summed E-state index contributed by atoms with van der Waals surface area (Å²) in [5.41, 5.74) is 0.987. The Kier molecular flexibility index (Phi) is 7.60. The van der Waals surface area contributed by atoms with Crippen LogP contribution in [-0.2, 0) is 16.0 Å². The minimum absolute atomic E-state index is 0.223. The van der Waals surface area contributed by atoms with Gasteiger partial charge in [0, 0.05) is 10.9 Å². The molecule has 0 fully saturated rings. The maximum atomic E-state index is 11.8. The monoisotopic (exact) mass is 408 g/mol. The third-order valence-corrected chi connectivity index (χ3v) is 4.02. The molecule has 0 amide bonds. The molecule has 2 aromatic carbocycles. The van der Waals surface area contributed by atoms with E-state index in [4.69, 9.17) is 18.9 Å². The van der Waals surface area contributed by atoms with Gasteiger partial charge in [-0.05, 0) is 48.4 Å². The molecule has 25 heavy (non-hydrogen) atoms. The summed E-state index contributed by atoms with van der Waals surface area (Å²) in [5.74, 6) is 1.80. The van der Waals surface area contributed by atoms with Crippen molar-refractivity contribution in [2.75, 3.05) is 27.4 Å². The fourth-order valence-corrected chi connectivity index (χ4v) is 2.46. The predicted octanol–water partition coefficient (Wildman–Crippen LogP) is 4.02. The van der Waals surface area contributed by atoms with E-state index in [9.17, 15) is 4.79 Å². The van der Waals surface area contributed by atoms with Crippen molar-refractivity contribution in [3.63, 3.8) is 0 Å². The molecule has 2 aromatic rings. The Morgan fingerprint density at radius 3 is 2.36 bits per heavy atom. The van der Waals surface area contributed by atoms with Gasteiger partial charge in [-0.2, -0.15) is 0 Å². The molecule has 0 unspecified atom stereocenters. The molecule has 0 aliphatic rings. The van der Waals surface area contributed by atoms with Crippen molar-refractivity contribution in [2.45, 2.75) is 12.8 Å². The number of benzene rings is 2. The van der Waals surface area contributed by atoms with E-state index in [0.29, 0.717) is 30.9 Å². The van der Waals surface area contributed by atoms with Crippen molar-refractivity contribution in [3.8, 4) is 17.2 Å². The van der Waals surface area contributed by atoms with Crippen molar-refractivity contribution in [2.24, 2.45) is 0 Å². The number of aryl methyl sites for hydroxylation is 1. The Morgan fingerprint density at radius 1 is 0.960 bits per heavy atom. The van der Waals surface area contributed by atoms with Crippen LogP contribution < -0.4 is 14.2 Å². The highest BCUT2D eigenvalue weighted by atomic mass is 79.9. The molecular formula is C19H21BrO5. The van der Waals surface area contributed by atoms with Crippen LogP contribution in [0, 0.1) is 0 Å². The smallest absolute Gasteiger partial charge is 0.306 e. The molecule has 5 nitrogen and oxygen atoms in total. The van der Waals surface area contributed by atoms with Crippen LogP contribution in [0.25, 0.3) is 0 Å². The summed E-state index contributed by atoms with van der Waals surface area (Å²) < 4.78 is 22.1. The van der Waals surface area contributed by atoms with E-state index in [0.717, 1.165) is 15.8 Å². The van der Waals surface area contributed by atoms with Crippen molar-refractivity contribution >= 4 is 21.9 Å². The second-order valence-electron chi connectivity index (χ2n) is 5.21. The maximum absolute atomic E-state index is 11.8. The SMILES string of the molecule is COc1ccc(CCC(=O)OCCOc2ccc(Br)cc2)cc1OC. The zero-order valence-corrected chi connectivity index (χ0v) is 15.9. The fraction of sp³-hybridized carbons (Fsp3) is 0.316. The molecule has 2 rings (SSSR count). The fourth-order valence-electron chi connectivity index (χ4n) is 2.20. The molecule has 0 aromatic heterocycles. The van der Waals surface area contributed by atoms with Crippen LogP contribution >= 0.6 is 15.9 Å². The first-order valence-electron chi connectivity index (χ1n) is 7.87. The van der Waals surface area contributed by atoms with E-state index in [1.165, 1.54) is 0 Å². The van der Waals surface area contributed by atoms with Crippen LogP contribution in [0.5, 0.6) is 17.2 Å². The van der Waals surface area contributed by atoms with Crippen LogP contribution in [0.15, 0.2) is 46.9 Å². The standard InChI is InChI=1S/C19H21BrO5/c1-22-17-9-3-14(13-18(17)23-2)4-10-19(21)25-12-11-24-16-7-5-15(20)6-8-16/h3,5-9,13H,4,10-12H2,1-2H3. The van der Waals surface area contributed by atoms with Crippen LogP contribution in [-0.4, -0.2) is 33.4 Å². The summed E-state index contributed by atoms with van der Waals surface area (Å²) in [4.78, 5) is 11.8. The zero-order valence-electron chi connectivity index (χ0n) is 14.3. The summed E-state index contributed by atoms with van der Waals surface area (Å²) in [6.07, 6.45) is 0.876. The van der Waals surface area contributed by atoms with Gasteiger partial charge in [-0.3, -0.25) is 4.79 Å². The molecule has 0 spiro atoms. The molecule has 0 atom stereocenters. The average Bonchev–Trinajstić information content (AvgIpc) is 2.64. The lowest BCUT2D eigenvalue weighted by atomic mass is 10.1. The number of esters is 1. The lowest BCUT2D eigenvalue weighted by molar-refractivity contribution is -0.144. The number of ether oxygens (including phenoxy) is 4. The summed E-state index contributed by atoms with van der Waals surface area (Å²) >= 11 is 3.36. The van der Waals surface area contributed by atoms with Gasteiger partial charge in [-0.25, -0.2) is 0 Å². The molecule has 0 heterocycles. The van der Waals surface area contributed by atoms with E-state index in [1.54, 1.807) is 14.2 Å². The first kappa shape index (κ1) is 19.1. The van der Waals surface area contributed by atoms with Gasteiger partial charge in [0.2, 0.25) is 0 Å². The van der Waals surface area contributed by atoms with Gasteiger partial charge in [0.1, 0.15) is 19.0 Å². The third kappa shape index (κ3) is 6.31. The summed E-state index contributed by atoms with van der Waals surface area (Å²) in [6, 6.07) is 13.1. The summed E-state index contributed by atoms with van der Waals surface area (Å²) in [5, 5.41) is 0. The number of hydrogen-bond acceptors (Lipinski definition) is 5. The van der Waals surface area contributed by atoms with Gasteiger partial charge >= 0.3 is 5.97 Å². The molecule has 0 aliphatic carbocycles. The average molecular weight is 409 g/mol. The number of rotatable bonds is 9. The second-order valence-corrected chi connectivity index (χ2v) is 6.13. The minimum Gasteiger partial charge on any atom is -0.493 e. The van der Waals surface area contributed by atoms with Crippen molar-refractivity contribution in [1.29, 1.82) is 0 Å². The Bertz CT molecular complexity index is 685. The first-order valence-corrected chi connectivity index (χ1v) is 8.66. The highest BCUT2D eigenvalue weighted by Crippen LogP contribution is 2.28. The number of carbonyl (C=O) groups is 1.